The maximum Gasteiger partial charge on any atom is 0.246 e. The van der Waals surface area contributed by atoms with Gasteiger partial charge in [-0.1, -0.05) is 6.58 Å². The van der Waals surface area contributed by atoms with Gasteiger partial charge in [0.15, 0.2) is 0 Å². The number of methoxy groups -OCH3 is 1. The molecule has 0 atom stereocenters. The molecule has 11 heteroatoms. The van der Waals surface area contributed by atoms with Crippen molar-refractivity contribution >= 4 is 27.3 Å². The summed E-state index contributed by atoms with van der Waals surface area (Å²) in [7, 11) is 3.35. The summed E-state index contributed by atoms with van der Waals surface area (Å²) in [6, 6.07) is 5.90. The number of benzene rings is 1. The van der Waals surface area contributed by atoms with Gasteiger partial charge in [0.1, 0.15) is 24.0 Å². The molecule has 8 nitrogen and oxygen atoms in total. The largest absolute Gasteiger partial charge is 0.490 e. The molecule has 0 aliphatic carbocycles. The van der Waals surface area contributed by atoms with E-state index >= 15 is 4.39 Å². The average Bonchev–Trinajstić information content (AvgIpc) is 3.65. The molecule has 0 radical (unpaired) electrons. The number of rotatable bonds is 8. The predicted octanol–water partition coefficient (Wildman–Crippen LogP) is 5.80. The third-order valence-electron chi connectivity index (χ3n) is 7.20. The van der Waals surface area contributed by atoms with Crippen molar-refractivity contribution in [2.24, 2.45) is 7.05 Å². The van der Waals surface area contributed by atoms with Crippen LogP contribution in [0.5, 0.6) is 5.75 Å². The molecule has 1 aliphatic rings. The number of amides is 1. The molecule has 1 aliphatic heterocycles. The van der Waals surface area contributed by atoms with Crippen molar-refractivity contribution in [2.45, 2.75) is 13.0 Å². The van der Waals surface area contributed by atoms with E-state index in [1.54, 1.807) is 22.0 Å². The maximum absolute atomic E-state index is 15.9. The predicted molar refractivity (Wildman–Crippen MR) is 157 cm³/mol. The number of aryl methyl sites for hydroxylation is 1. The van der Waals surface area contributed by atoms with E-state index in [2.05, 4.69) is 11.7 Å². The van der Waals surface area contributed by atoms with Crippen molar-refractivity contribution in [1.82, 2.24) is 24.6 Å². The molecule has 0 unspecified atom stereocenters. The topological polar surface area (TPSA) is 82.4 Å². The van der Waals surface area contributed by atoms with Gasteiger partial charge >= 0.3 is 0 Å². The van der Waals surface area contributed by atoms with Crippen molar-refractivity contribution < 1.29 is 23.0 Å². The lowest BCUT2D eigenvalue weighted by atomic mass is 9.94. The highest BCUT2D eigenvalue weighted by Gasteiger charge is 2.27. The normalized spacial score (nSPS) is 12.9. The van der Waals surface area contributed by atoms with E-state index < -0.39 is 11.6 Å². The summed E-state index contributed by atoms with van der Waals surface area (Å²) in [5, 5.41) is 7.04. The Morgan fingerprint density at radius 1 is 1.14 bits per heavy atom. The molecule has 214 valence electrons. The number of ether oxygens (including phenoxy) is 2. The zero-order chi connectivity index (χ0) is 29.4. The molecule has 0 fully saturated rings. The van der Waals surface area contributed by atoms with E-state index in [1.165, 1.54) is 30.6 Å². The fourth-order valence-electron chi connectivity index (χ4n) is 5.24. The number of pyridine rings is 2. The van der Waals surface area contributed by atoms with Gasteiger partial charge in [0.25, 0.3) is 0 Å². The van der Waals surface area contributed by atoms with Gasteiger partial charge in [-0.3, -0.25) is 14.5 Å². The smallest absolute Gasteiger partial charge is 0.246 e. The van der Waals surface area contributed by atoms with Crippen LogP contribution < -0.4 is 4.74 Å². The molecule has 0 saturated heterocycles. The summed E-state index contributed by atoms with van der Waals surface area (Å²) in [5.41, 5.74) is 4.86. The van der Waals surface area contributed by atoms with E-state index in [9.17, 15) is 9.18 Å². The molecule has 5 aromatic rings. The van der Waals surface area contributed by atoms with Crippen molar-refractivity contribution in [3.05, 3.63) is 83.8 Å². The summed E-state index contributed by atoms with van der Waals surface area (Å²) in [4.78, 5) is 23.9. The SMILES string of the molecule is C=CC(=O)N1CCc2ncc(-c3nc(-c4cnn(C)c4)c4ccsc4c3-c3c(F)cc(F)cc3OCCOC)cc2C1. The van der Waals surface area contributed by atoms with Crippen LogP contribution in [0.25, 0.3) is 43.7 Å². The number of hydrogen-bond acceptors (Lipinski definition) is 7. The monoisotopic (exact) mass is 587 g/mol. The zero-order valence-corrected chi connectivity index (χ0v) is 23.9. The first-order valence-corrected chi connectivity index (χ1v) is 14.2. The van der Waals surface area contributed by atoms with E-state index in [4.69, 9.17) is 19.4 Å². The minimum Gasteiger partial charge on any atom is -0.490 e. The number of aromatic nitrogens is 4. The number of thiophene rings is 1. The molecule has 0 N–H and O–H groups in total. The number of halogens is 2. The highest BCUT2D eigenvalue weighted by molar-refractivity contribution is 7.18. The Labute approximate surface area is 244 Å². The lowest BCUT2D eigenvalue weighted by Gasteiger charge is -2.27. The molecule has 42 heavy (non-hydrogen) atoms. The lowest BCUT2D eigenvalue weighted by Crippen LogP contribution is -2.35. The second-order valence-corrected chi connectivity index (χ2v) is 10.8. The standard InChI is InChI=1S/C31H27F2N5O3S/c1-4-26(39)38-7-5-24-19(17-38)11-18(14-34-24)30-28(27-23(33)12-21(32)13-25(27)41-9-8-40-3)31-22(6-10-42-31)29(36-30)20-15-35-37(2)16-20/h4,6,10-16H,1,5,7-9,17H2,2-3H3. The molecule has 1 amide bonds. The number of hydrogen-bond donors (Lipinski definition) is 0. The molecule has 4 aromatic heterocycles. The van der Waals surface area contributed by atoms with Crippen LogP contribution in [-0.4, -0.2) is 57.4 Å². The van der Waals surface area contributed by atoms with Crippen LogP contribution in [-0.2, 0) is 29.5 Å². The molecule has 0 saturated carbocycles. The Balaban J connectivity index is 1.62. The summed E-state index contributed by atoms with van der Waals surface area (Å²) in [6.07, 6.45) is 7.21. The van der Waals surface area contributed by atoms with E-state index in [0.29, 0.717) is 42.0 Å². The maximum atomic E-state index is 15.9. The molecule has 5 heterocycles. The minimum atomic E-state index is -0.775. The van der Waals surface area contributed by atoms with Gasteiger partial charge in [-0.05, 0) is 29.2 Å². The van der Waals surface area contributed by atoms with E-state index in [1.807, 2.05) is 30.8 Å². The Kier molecular flexibility index (Phi) is 7.53. The van der Waals surface area contributed by atoms with E-state index in [-0.39, 0.29) is 30.4 Å². The molecule has 1 aromatic carbocycles. The first kappa shape index (κ1) is 27.7. The Morgan fingerprint density at radius 2 is 2.00 bits per heavy atom. The van der Waals surface area contributed by atoms with Crippen LogP contribution in [0.1, 0.15) is 11.3 Å². The van der Waals surface area contributed by atoms with E-state index in [0.717, 1.165) is 33.0 Å². The fourth-order valence-corrected chi connectivity index (χ4v) is 6.19. The van der Waals surface area contributed by atoms with Crippen LogP contribution in [0, 0.1) is 11.6 Å². The van der Waals surface area contributed by atoms with Crippen molar-refractivity contribution in [3.8, 4) is 39.4 Å². The van der Waals surface area contributed by atoms with Crippen molar-refractivity contribution in [1.29, 1.82) is 0 Å². The van der Waals surface area contributed by atoms with Crippen molar-refractivity contribution in [2.75, 3.05) is 26.9 Å². The van der Waals surface area contributed by atoms with Gasteiger partial charge in [-0.25, -0.2) is 13.8 Å². The highest BCUT2D eigenvalue weighted by atomic mass is 32.1. The van der Waals surface area contributed by atoms with Gasteiger partial charge in [-0.2, -0.15) is 5.10 Å². The van der Waals surface area contributed by atoms with Gasteiger partial charge in [0.2, 0.25) is 5.91 Å². The van der Waals surface area contributed by atoms with Crippen LogP contribution in [0.3, 0.4) is 0 Å². The van der Waals surface area contributed by atoms with Crippen LogP contribution in [0.2, 0.25) is 0 Å². The van der Waals surface area contributed by atoms with Crippen LogP contribution in [0.4, 0.5) is 8.78 Å². The summed E-state index contributed by atoms with van der Waals surface area (Å²) in [5.74, 6) is -1.64. The first-order chi connectivity index (χ1) is 20.4. The second kappa shape index (κ2) is 11.4. The third-order valence-corrected chi connectivity index (χ3v) is 8.13. The summed E-state index contributed by atoms with van der Waals surface area (Å²) < 4.78 is 43.8. The number of fused-ring (bicyclic) bond motifs is 2. The molecule has 0 spiro atoms. The lowest BCUT2D eigenvalue weighted by molar-refractivity contribution is -0.126. The second-order valence-electron chi connectivity index (χ2n) is 9.90. The Hall–Kier alpha value is -4.48. The Morgan fingerprint density at radius 3 is 2.76 bits per heavy atom. The van der Waals surface area contributed by atoms with Crippen molar-refractivity contribution in [3.63, 3.8) is 0 Å². The molecule has 6 rings (SSSR count). The molecule has 0 bridgehead atoms. The first-order valence-electron chi connectivity index (χ1n) is 13.3. The minimum absolute atomic E-state index is 0.0464. The fraction of sp³-hybridized carbons (Fsp3) is 0.226. The van der Waals surface area contributed by atoms with Gasteiger partial charge in [-0.15, -0.1) is 11.3 Å². The number of carbonyl (C=O) groups excluding carboxylic acids is 1. The zero-order valence-electron chi connectivity index (χ0n) is 23.1. The van der Waals surface area contributed by atoms with Gasteiger partial charge < -0.3 is 14.4 Å². The Bertz CT molecular complexity index is 1830. The van der Waals surface area contributed by atoms with Gasteiger partial charge in [0.05, 0.1) is 29.8 Å². The summed E-state index contributed by atoms with van der Waals surface area (Å²) >= 11 is 1.43. The number of nitrogens with zero attached hydrogens (tertiary/aromatic N) is 5. The highest BCUT2D eigenvalue weighted by Crippen LogP contribution is 2.47. The summed E-state index contributed by atoms with van der Waals surface area (Å²) in [6.45, 7) is 4.86. The average molecular weight is 588 g/mol. The van der Waals surface area contributed by atoms with Crippen LogP contribution >= 0.6 is 11.3 Å². The molecular formula is C31H27F2N5O3S. The quantitative estimate of drug-likeness (QED) is 0.169. The number of carbonyl (C=O) groups is 1. The van der Waals surface area contributed by atoms with Gasteiger partial charge in [0, 0.05) is 90.7 Å². The third kappa shape index (κ3) is 5.05. The van der Waals surface area contributed by atoms with Crippen LogP contribution in [0.15, 0.2) is 60.9 Å². The molecular weight excluding hydrogens is 560 g/mol.